The summed E-state index contributed by atoms with van der Waals surface area (Å²) in [5.41, 5.74) is -1.27. The van der Waals surface area contributed by atoms with Gasteiger partial charge in [0.2, 0.25) is 0 Å². The zero-order valence-corrected chi connectivity index (χ0v) is 10.1. The Morgan fingerprint density at radius 1 is 1.32 bits per heavy atom. The highest BCUT2D eigenvalue weighted by atomic mass is 19.4. The van der Waals surface area contributed by atoms with E-state index >= 15 is 0 Å². The second-order valence-electron chi connectivity index (χ2n) is 4.66. The fourth-order valence-electron chi connectivity index (χ4n) is 2.23. The lowest BCUT2D eigenvalue weighted by Crippen LogP contribution is -2.24. The third kappa shape index (κ3) is 3.25. The molecular formula is C13H14F4O2. The number of rotatable bonds is 2. The molecule has 19 heavy (non-hydrogen) atoms. The highest BCUT2D eigenvalue weighted by molar-refractivity contribution is 5.29. The second-order valence-corrected chi connectivity index (χ2v) is 4.66. The van der Waals surface area contributed by atoms with Crippen LogP contribution in [0.15, 0.2) is 18.2 Å². The first kappa shape index (κ1) is 14.3. The van der Waals surface area contributed by atoms with Crippen LogP contribution < -0.4 is 0 Å². The van der Waals surface area contributed by atoms with Crippen molar-refractivity contribution in [1.29, 1.82) is 0 Å². The first-order chi connectivity index (χ1) is 8.89. The van der Waals surface area contributed by atoms with Gasteiger partial charge in [-0.15, -0.1) is 0 Å². The zero-order valence-electron chi connectivity index (χ0n) is 10.1. The Morgan fingerprint density at radius 2 is 2.05 bits per heavy atom. The maximum absolute atomic E-state index is 13.1. The van der Waals surface area contributed by atoms with E-state index in [1.54, 1.807) is 0 Å². The summed E-state index contributed by atoms with van der Waals surface area (Å²) in [5, 5.41) is 10.1. The van der Waals surface area contributed by atoms with E-state index in [0.717, 1.165) is 12.5 Å². The van der Waals surface area contributed by atoms with E-state index in [0.29, 0.717) is 25.7 Å². The number of ether oxygens (including phenoxy) is 1. The zero-order chi connectivity index (χ0) is 14.0. The van der Waals surface area contributed by atoms with Crippen molar-refractivity contribution in [1.82, 2.24) is 0 Å². The van der Waals surface area contributed by atoms with Gasteiger partial charge in [-0.1, -0.05) is 6.07 Å². The molecule has 2 nitrogen and oxygen atoms in total. The average molecular weight is 278 g/mol. The predicted molar refractivity (Wildman–Crippen MR) is 59.9 cm³/mol. The molecule has 0 amide bonds. The fraction of sp³-hybridized carbons (Fsp3) is 0.538. The van der Waals surface area contributed by atoms with E-state index in [-0.39, 0.29) is 11.5 Å². The summed E-state index contributed by atoms with van der Waals surface area (Å²) < 4.78 is 56.1. The number of halogens is 4. The summed E-state index contributed by atoms with van der Waals surface area (Å²) in [4.78, 5) is 0. The molecule has 6 heteroatoms. The average Bonchev–Trinajstić information content (AvgIpc) is 2.38. The largest absolute Gasteiger partial charge is 0.419 e. The Morgan fingerprint density at radius 3 is 2.63 bits per heavy atom. The Labute approximate surface area is 108 Å². The molecule has 1 heterocycles. The van der Waals surface area contributed by atoms with Gasteiger partial charge in [0, 0.05) is 12.5 Å². The van der Waals surface area contributed by atoms with E-state index in [9.17, 15) is 22.7 Å². The first-order valence-corrected chi connectivity index (χ1v) is 6.02. The fourth-order valence-corrected chi connectivity index (χ4v) is 2.23. The molecule has 1 aromatic rings. The van der Waals surface area contributed by atoms with Crippen molar-refractivity contribution in [2.75, 3.05) is 13.2 Å². The SMILES string of the molecule is OC(c1ccc(F)c(C(F)(F)F)c1)C1CCCOC1. The maximum Gasteiger partial charge on any atom is 0.419 e. The van der Waals surface area contributed by atoms with Crippen molar-refractivity contribution < 1.29 is 27.4 Å². The summed E-state index contributed by atoms with van der Waals surface area (Å²) in [7, 11) is 0. The van der Waals surface area contributed by atoms with Crippen LogP contribution in [0.2, 0.25) is 0 Å². The van der Waals surface area contributed by atoms with Gasteiger partial charge in [-0.2, -0.15) is 13.2 Å². The van der Waals surface area contributed by atoms with Crippen LogP contribution in [0.5, 0.6) is 0 Å². The summed E-state index contributed by atoms with van der Waals surface area (Å²) in [6.45, 7) is 0.903. The Hall–Kier alpha value is -1.14. The second kappa shape index (κ2) is 5.46. The highest BCUT2D eigenvalue weighted by Crippen LogP contribution is 2.35. The molecule has 1 aromatic carbocycles. The Kier molecular flexibility index (Phi) is 4.10. The van der Waals surface area contributed by atoms with E-state index in [1.165, 1.54) is 6.07 Å². The van der Waals surface area contributed by atoms with E-state index < -0.39 is 23.7 Å². The van der Waals surface area contributed by atoms with E-state index in [2.05, 4.69) is 0 Å². The standard InChI is InChI=1S/C13H14F4O2/c14-11-4-3-8(6-10(11)13(15,16)17)12(18)9-2-1-5-19-7-9/h3-4,6,9,12,18H,1-2,5,7H2. The molecule has 106 valence electrons. The minimum absolute atomic E-state index is 0.0734. The first-order valence-electron chi connectivity index (χ1n) is 6.02. The number of benzene rings is 1. The van der Waals surface area contributed by atoms with Gasteiger partial charge in [0.15, 0.2) is 0 Å². The van der Waals surface area contributed by atoms with Crippen molar-refractivity contribution >= 4 is 0 Å². The van der Waals surface area contributed by atoms with Gasteiger partial charge in [0.25, 0.3) is 0 Å². The molecule has 0 radical (unpaired) electrons. The minimum Gasteiger partial charge on any atom is -0.388 e. The van der Waals surface area contributed by atoms with Gasteiger partial charge >= 0.3 is 6.18 Å². The van der Waals surface area contributed by atoms with Crippen molar-refractivity contribution in [3.8, 4) is 0 Å². The summed E-state index contributed by atoms with van der Waals surface area (Å²) in [6, 6.07) is 2.60. The molecule has 0 aliphatic carbocycles. The molecule has 2 rings (SSSR count). The van der Waals surface area contributed by atoms with Crippen LogP contribution in [0.4, 0.5) is 17.6 Å². The van der Waals surface area contributed by atoms with Crippen molar-refractivity contribution in [2.45, 2.75) is 25.1 Å². The van der Waals surface area contributed by atoms with Crippen LogP contribution >= 0.6 is 0 Å². The van der Waals surface area contributed by atoms with Gasteiger partial charge < -0.3 is 9.84 Å². The molecule has 2 unspecified atom stereocenters. The lowest BCUT2D eigenvalue weighted by molar-refractivity contribution is -0.140. The molecule has 0 aromatic heterocycles. The molecule has 2 atom stereocenters. The molecule has 1 aliphatic heterocycles. The monoisotopic (exact) mass is 278 g/mol. The quantitative estimate of drug-likeness (QED) is 0.841. The lowest BCUT2D eigenvalue weighted by atomic mass is 9.90. The van der Waals surface area contributed by atoms with Crippen LogP contribution in [0.25, 0.3) is 0 Å². The van der Waals surface area contributed by atoms with Gasteiger partial charge in [-0.25, -0.2) is 4.39 Å². The van der Waals surface area contributed by atoms with Crippen LogP contribution in [-0.4, -0.2) is 18.3 Å². The molecule has 0 spiro atoms. The van der Waals surface area contributed by atoms with E-state index in [4.69, 9.17) is 4.74 Å². The number of alkyl halides is 3. The predicted octanol–water partition coefficient (Wildman–Crippen LogP) is 3.30. The molecule has 1 aliphatic rings. The molecular weight excluding hydrogens is 264 g/mol. The summed E-state index contributed by atoms with van der Waals surface area (Å²) in [5.74, 6) is -1.58. The maximum atomic E-state index is 13.1. The van der Waals surface area contributed by atoms with Gasteiger partial charge in [-0.3, -0.25) is 0 Å². The molecule has 0 saturated carbocycles. The normalized spacial score (nSPS) is 22.3. The number of hydrogen-bond acceptors (Lipinski definition) is 2. The van der Waals surface area contributed by atoms with Crippen LogP contribution in [-0.2, 0) is 10.9 Å². The number of hydrogen-bond donors (Lipinski definition) is 1. The third-order valence-electron chi connectivity index (χ3n) is 3.28. The summed E-state index contributed by atoms with van der Waals surface area (Å²) in [6.07, 6.45) is -4.39. The van der Waals surface area contributed by atoms with Gasteiger partial charge in [-0.05, 0) is 30.5 Å². The van der Waals surface area contributed by atoms with E-state index in [1.807, 2.05) is 0 Å². The van der Waals surface area contributed by atoms with Crippen LogP contribution in [0.3, 0.4) is 0 Å². The summed E-state index contributed by atoms with van der Waals surface area (Å²) >= 11 is 0. The number of aliphatic hydroxyl groups excluding tert-OH is 1. The Bertz CT molecular complexity index is 439. The smallest absolute Gasteiger partial charge is 0.388 e. The number of aliphatic hydroxyl groups is 1. The molecule has 1 saturated heterocycles. The van der Waals surface area contributed by atoms with Crippen molar-refractivity contribution in [2.24, 2.45) is 5.92 Å². The van der Waals surface area contributed by atoms with Crippen LogP contribution in [0.1, 0.15) is 30.1 Å². The van der Waals surface area contributed by atoms with Gasteiger partial charge in [0.05, 0.1) is 18.3 Å². The lowest BCUT2D eigenvalue weighted by Gasteiger charge is -2.27. The molecule has 1 fully saturated rings. The minimum atomic E-state index is -4.76. The molecule has 1 N–H and O–H groups in total. The van der Waals surface area contributed by atoms with Gasteiger partial charge in [0.1, 0.15) is 5.82 Å². The third-order valence-corrected chi connectivity index (χ3v) is 3.28. The van der Waals surface area contributed by atoms with Crippen molar-refractivity contribution in [3.05, 3.63) is 35.1 Å². The van der Waals surface area contributed by atoms with Crippen molar-refractivity contribution in [3.63, 3.8) is 0 Å². The van der Waals surface area contributed by atoms with Crippen LogP contribution in [0, 0.1) is 11.7 Å². The molecule has 0 bridgehead atoms. The topological polar surface area (TPSA) is 29.5 Å². The highest BCUT2D eigenvalue weighted by Gasteiger charge is 2.35. The Balaban J connectivity index is 2.24.